The average molecular weight is 470 g/mol. The molecule has 0 aliphatic carbocycles. The minimum absolute atomic E-state index is 0.374. The molecule has 0 aromatic heterocycles. The molecular weight excluding hydrogens is 446 g/mol. The average Bonchev–Trinajstić information content (AvgIpc) is 2.80. The second-order valence-electron chi connectivity index (χ2n) is 6.61. The summed E-state index contributed by atoms with van der Waals surface area (Å²) in [6.07, 6.45) is 1.66. The van der Waals surface area contributed by atoms with Gasteiger partial charge in [-0.3, -0.25) is 5.43 Å². The zero-order chi connectivity index (χ0) is 22.8. The molecule has 2 N–H and O–H groups in total. The predicted octanol–water partition coefficient (Wildman–Crippen LogP) is 5.65. The first-order valence-electron chi connectivity index (χ1n) is 9.95. The number of halogens is 1. The Hall–Kier alpha value is -3.29. The van der Waals surface area contributed by atoms with E-state index in [-0.39, 0.29) is 0 Å². The van der Waals surface area contributed by atoms with Gasteiger partial charge >= 0.3 is 0 Å². The Morgan fingerprint density at radius 3 is 2.44 bits per heavy atom. The number of nitrogens with zero attached hydrogens (tertiary/aromatic N) is 1. The Bertz CT molecular complexity index is 1060. The zero-order valence-electron chi connectivity index (χ0n) is 17.8. The van der Waals surface area contributed by atoms with E-state index in [1.165, 1.54) is 0 Å². The molecule has 0 unspecified atom stereocenters. The van der Waals surface area contributed by atoms with Crippen LogP contribution < -0.4 is 25.0 Å². The van der Waals surface area contributed by atoms with Gasteiger partial charge in [0.2, 0.25) is 0 Å². The van der Waals surface area contributed by atoms with Crippen LogP contribution in [0.4, 0.5) is 5.69 Å². The second kappa shape index (κ2) is 11.9. The Morgan fingerprint density at radius 2 is 1.75 bits per heavy atom. The highest BCUT2D eigenvalue weighted by Gasteiger charge is 2.07. The van der Waals surface area contributed by atoms with Crippen LogP contribution >= 0.6 is 23.8 Å². The lowest BCUT2D eigenvalue weighted by molar-refractivity contribution is 0.269. The summed E-state index contributed by atoms with van der Waals surface area (Å²) in [6.45, 7) is 2.86. The molecule has 0 aliphatic heterocycles. The molecular formula is C24H24ClN3O3S. The van der Waals surface area contributed by atoms with E-state index >= 15 is 0 Å². The van der Waals surface area contributed by atoms with Crippen LogP contribution in [0.1, 0.15) is 18.1 Å². The molecule has 3 rings (SSSR count). The van der Waals surface area contributed by atoms with Gasteiger partial charge in [0.05, 0.1) is 19.9 Å². The number of methoxy groups -OCH3 is 1. The molecule has 166 valence electrons. The van der Waals surface area contributed by atoms with E-state index in [9.17, 15) is 0 Å². The number of hydrogen-bond acceptors (Lipinski definition) is 5. The number of ether oxygens (including phenoxy) is 3. The van der Waals surface area contributed by atoms with Crippen LogP contribution in [0.2, 0.25) is 5.02 Å². The molecule has 8 heteroatoms. The maximum atomic E-state index is 5.93. The first kappa shape index (κ1) is 23.4. The van der Waals surface area contributed by atoms with Crippen molar-refractivity contribution in [2.45, 2.75) is 13.5 Å². The topological polar surface area (TPSA) is 64.1 Å². The van der Waals surface area contributed by atoms with Gasteiger partial charge in [0.1, 0.15) is 12.4 Å². The standard InChI is InChI=1S/C24H24ClN3O3S/c1-3-30-23-14-18(6-13-22(23)31-16-17-4-7-19(25)8-5-17)15-26-28-24(32)27-20-9-11-21(29-2)12-10-20/h4-15H,3,16H2,1-2H3,(H2,27,28,32). The van der Waals surface area contributed by atoms with Gasteiger partial charge in [-0.2, -0.15) is 5.10 Å². The molecule has 0 saturated heterocycles. The van der Waals surface area contributed by atoms with Gasteiger partial charge in [0.15, 0.2) is 16.6 Å². The van der Waals surface area contributed by atoms with Gasteiger partial charge in [0, 0.05) is 10.7 Å². The van der Waals surface area contributed by atoms with Crippen LogP contribution in [0.5, 0.6) is 17.2 Å². The summed E-state index contributed by atoms with van der Waals surface area (Å²) in [6, 6.07) is 20.6. The lowest BCUT2D eigenvalue weighted by atomic mass is 10.2. The molecule has 0 amide bonds. The van der Waals surface area contributed by atoms with Crippen LogP contribution in [-0.4, -0.2) is 25.0 Å². The third-order valence-corrected chi connectivity index (χ3v) is 4.75. The van der Waals surface area contributed by atoms with E-state index in [1.54, 1.807) is 13.3 Å². The largest absolute Gasteiger partial charge is 0.497 e. The van der Waals surface area contributed by atoms with E-state index in [1.807, 2.05) is 73.7 Å². The lowest BCUT2D eigenvalue weighted by Gasteiger charge is -2.13. The van der Waals surface area contributed by atoms with Gasteiger partial charge < -0.3 is 19.5 Å². The Kier molecular flexibility index (Phi) is 8.71. The molecule has 3 aromatic rings. The lowest BCUT2D eigenvalue weighted by Crippen LogP contribution is -2.23. The van der Waals surface area contributed by atoms with E-state index in [0.717, 1.165) is 22.6 Å². The Balaban J connectivity index is 1.57. The number of hydrogen-bond donors (Lipinski definition) is 2. The minimum atomic E-state index is 0.374. The monoisotopic (exact) mass is 469 g/mol. The molecule has 0 radical (unpaired) electrons. The molecule has 0 saturated carbocycles. The van der Waals surface area contributed by atoms with E-state index in [2.05, 4.69) is 15.8 Å². The number of rotatable bonds is 9. The third-order valence-electron chi connectivity index (χ3n) is 4.30. The van der Waals surface area contributed by atoms with Crippen molar-refractivity contribution >= 4 is 40.8 Å². The number of nitrogens with one attached hydrogen (secondary N) is 2. The molecule has 6 nitrogen and oxygen atoms in total. The summed E-state index contributed by atoms with van der Waals surface area (Å²) in [4.78, 5) is 0. The van der Waals surface area contributed by atoms with Crippen LogP contribution in [0.25, 0.3) is 0 Å². The number of benzene rings is 3. The highest BCUT2D eigenvalue weighted by atomic mass is 35.5. The quantitative estimate of drug-likeness (QED) is 0.240. The van der Waals surface area contributed by atoms with Crippen molar-refractivity contribution < 1.29 is 14.2 Å². The van der Waals surface area contributed by atoms with Crippen molar-refractivity contribution in [3.63, 3.8) is 0 Å². The molecule has 32 heavy (non-hydrogen) atoms. The summed E-state index contributed by atoms with van der Waals surface area (Å²) >= 11 is 11.2. The zero-order valence-corrected chi connectivity index (χ0v) is 19.4. The summed E-state index contributed by atoms with van der Waals surface area (Å²) in [7, 11) is 1.62. The summed E-state index contributed by atoms with van der Waals surface area (Å²) in [5.74, 6) is 2.08. The van der Waals surface area contributed by atoms with Crippen LogP contribution in [0.3, 0.4) is 0 Å². The van der Waals surface area contributed by atoms with Crippen molar-refractivity contribution in [2.75, 3.05) is 19.0 Å². The fourth-order valence-electron chi connectivity index (χ4n) is 2.73. The Labute approximate surface area is 198 Å². The third kappa shape index (κ3) is 7.14. The maximum absolute atomic E-state index is 5.93. The van der Waals surface area contributed by atoms with Gasteiger partial charge in [-0.15, -0.1) is 0 Å². The van der Waals surface area contributed by atoms with Crippen LogP contribution in [0, 0.1) is 0 Å². The Morgan fingerprint density at radius 1 is 1.00 bits per heavy atom. The van der Waals surface area contributed by atoms with Crippen LogP contribution in [0.15, 0.2) is 71.8 Å². The normalized spacial score (nSPS) is 10.6. The summed E-state index contributed by atoms with van der Waals surface area (Å²) in [5.41, 5.74) is 5.49. The maximum Gasteiger partial charge on any atom is 0.191 e. The molecule has 0 spiro atoms. The predicted molar refractivity (Wildman–Crippen MR) is 133 cm³/mol. The summed E-state index contributed by atoms with van der Waals surface area (Å²) < 4.78 is 16.8. The highest BCUT2D eigenvalue weighted by molar-refractivity contribution is 7.80. The fourth-order valence-corrected chi connectivity index (χ4v) is 3.03. The number of hydrazone groups is 1. The fraction of sp³-hybridized carbons (Fsp3) is 0.167. The molecule has 0 heterocycles. The smallest absolute Gasteiger partial charge is 0.191 e. The molecule has 0 atom stereocenters. The number of anilines is 1. The SMILES string of the molecule is CCOc1cc(C=NNC(=S)Nc2ccc(OC)cc2)ccc1OCc1ccc(Cl)cc1. The van der Waals surface area contributed by atoms with E-state index in [4.69, 9.17) is 38.0 Å². The second-order valence-corrected chi connectivity index (χ2v) is 7.45. The van der Waals surface area contributed by atoms with Gasteiger partial charge in [-0.05, 0) is 84.9 Å². The molecule has 0 bridgehead atoms. The molecule has 0 aliphatic rings. The van der Waals surface area contributed by atoms with Crippen LogP contribution in [-0.2, 0) is 6.61 Å². The van der Waals surface area contributed by atoms with Crippen molar-refractivity contribution in [1.82, 2.24) is 5.43 Å². The summed E-state index contributed by atoms with van der Waals surface area (Å²) in [5, 5.41) is 8.31. The van der Waals surface area contributed by atoms with Crippen molar-refractivity contribution in [3.8, 4) is 17.2 Å². The van der Waals surface area contributed by atoms with Crippen molar-refractivity contribution in [1.29, 1.82) is 0 Å². The highest BCUT2D eigenvalue weighted by Crippen LogP contribution is 2.29. The van der Waals surface area contributed by atoms with Crippen molar-refractivity contribution in [2.24, 2.45) is 5.10 Å². The minimum Gasteiger partial charge on any atom is -0.497 e. The van der Waals surface area contributed by atoms with E-state index in [0.29, 0.717) is 34.8 Å². The van der Waals surface area contributed by atoms with Gasteiger partial charge in [-0.25, -0.2) is 0 Å². The first-order chi connectivity index (χ1) is 15.6. The molecule has 3 aromatic carbocycles. The first-order valence-corrected chi connectivity index (χ1v) is 10.7. The van der Waals surface area contributed by atoms with Gasteiger partial charge in [-0.1, -0.05) is 23.7 Å². The van der Waals surface area contributed by atoms with Gasteiger partial charge in [0.25, 0.3) is 0 Å². The van der Waals surface area contributed by atoms with Crippen molar-refractivity contribution in [3.05, 3.63) is 82.9 Å². The van der Waals surface area contributed by atoms with E-state index < -0.39 is 0 Å². The molecule has 0 fully saturated rings. The number of thiocarbonyl (C=S) groups is 1.